The van der Waals surface area contributed by atoms with Crippen molar-refractivity contribution < 1.29 is 4.39 Å². The third kappa shape index (κ3) is 2.25. The van der Waals surface area contributed by atoms with Crippen LogP contribution in [0.25, 0.3) is 0 Å². The van der Waals surface area contributed by atoms with E-state index in [9.17, 15) is 4.39 Å². The zero-order chi connectivity index (χ0) is 9.47. The maximum atomic E-state index is 13.3. The summed E-state index contributed by atoms with van der Waals surface area (Å²) in [6, 6.07) is 0. The monoisotopic (exact) mass is 219 g/mol. The van der Waals surface area contributed by atoms with Gasteiger partial charge in [0.25, 0.3) is 0 Å². The molecule has 0 fully saturated rings. The van der Waals surface area contributed by atoms with E-state index in [2.05, 4.69) is 10.4 Å². The van der Waals surface area contributed by atoms with Crippen molar-refractivity contribution in [1.29, 1.82) is 0 Å². The van der Waals surface area contributed by atoms with Crippen LogP contribution < -0.4 is 5.32 Å². The molecule has 0 bridgehead atoms. The van der Waals surface area contributed by atoms with Crippen molar-refractivity contribution in [3.8, 4) is 0 Å². The number of nitrogens with one attached hydrogen (secondary N) is 1. The second kappa shape index (κ2) is 3.87. The van der Waals surface area contributed by atoms with Crippen molar-refractivity contribution in [2.45, 2.75) is 39.2 Å². The maximum absolute atomic E-state index is 13.3. The van der Waals surface area contributed by atoms with Crippen molar-refractivity contribution in [3.63, 3.8) is 0 Å². The van der Waals surface area contributed by atoms with Crippen molar-refractivity contribution in [2.75, 3.05) is 0 Å². The van der Waals surface area contributed by atoms with Gasteiger partial charge >= 0.3 is 0 Å². The quantitative estimate of drug-likeness (QED) is 0.820. The van der Waals surface area contributed by atoms with E-state index in [1.165, 1.54) is 5.56 Å². The lowest BCUT2D eigenvalue weighted by Gasteiger charge is -2.15. The number of halogens is 2. The second-order valence-corrected chi connectivity index (χ2v) is 4.10. The molecule has 1 aliphatic heterocycles. The summed E-state index contributed by atoms with van der Waals surface area (Å²) in [4.78, 5) is 0. The van der Waals surface area contributed by atoms with Crippen molar-refractivity contribution in [3.05, 3.63) is 17.5 Å². The SMILES string of the molecule is CC(C)(F)Cn1ncc2c1CNC2.Cl. The van der Waals surface area contributed by atoms with Gasteiger partial charge in [-0.25, -0.2) is 4.39 Å². The summed E-state index contributed by atoms with van der Waals surface area (Å²) in [5, 5.41) is 7.37. The molecule has 80 valence electrons. The van der Waals surface area contributed by atoms with Crippen molar-refractivity contribution in [2.24, 2.45) is 0 Å². The molecular formula is C9H15ClFN3. The zero-order valence-electron chi connectivity index (χ0n) is 8.38. The Kier molecular flexibility index (Phi) is 3.17. The van der Waals surface area contributed by atoms with Gasteiger partial charge < -0.3 is 5.32 Å². The molecule has 1 aliphatic rings. The van der Waals surface area contributed by atoms with Crippen LogP contribution in [-0.2, 0) is 19.6 Å². The molecule has 5 heteroatoms. The smallest absolute Gasteiger partial charge is 0.125 e. The average molecular weight is 220 g/mol. The lowest BCUT2D eigenvalue weighted by Crippen LogP contribution is -2.23. The number of alkyl halides is 1. The summed E-state index contributed by atoms with van der Waals surface area (Å²) in [5.74, 6) is 0. The number of aromatic nitrogens is 2. The van der Waals surface area contributed by atoms with Gasteiger partial charge in [-0.2, -0.15) is 5.10 Å². The zero-order valence-corrected chi connectivity index (χ0v) is 9.20. The lowest BCUT2D eigenvalue weighted by molar-refractivity contribution is 0.177. The molecule has 3 nitrogen and oxygen atoms in total. The Morgan fingerprint density at radius 3 is 2.93 bits per heavy atom. The molecule has 2 heterocycles. The predicted octanol–water partition coefficient (Wildman–Crippen LogP) is 1.66. The van der Waals surface area contributed by atoms with Gasteiger partial charge in [0, 0.05) is 18.7 Å². The molecule has 0 radical (unpaired) electrons. The van der Waals surface area contributed by atoms with Gasteiger partial charge in [-0.1, -0.05) is 0 Å². The Morgan fingerprint density at radius 1 is 1.57 bits per heavy atom. The van der Waals surface area contributed by atoms with Gasteiger partial charge in [-0.15, -0.1) is 12.4 Å². The first-order valence-corrected chi connectivity index (χ1v) is 4.49. The molecular weight excluding hydrogens is 205 g/mol. The van der Waals surface area contributed by atoms with Crippen LogP contribution in [0, 0.1) is 0 Å². The van der Waals surface area contributed by atoms with Gasteiger partial charge in [0.1, 0.15) is 5.67 Å². The van der Waals surface area contributed by atoms with Crippen LogP contribution in [0.5, 0.6) is 0 Å². The molecule has 1 N–H and O–H groups in total. The number of nitrogens with zero attached hydrogens (tertiary/aromatic N) is 2. The van der Waals surface area contributed by atoms with E-state index in [-0.39, 0.29) is 12.4 Å². The average Bonchev–Trinajstić information content (AvgIpc) is 2.50. The first-order valence-electron chi connectivity index (χ1n) is 4.49. The highest BCUT2D eigenvalue weighted by molar-refractivity contribution is 5.85. The molecule has 14 heavy (non-hydrogen) atoms. The number of fused-ring (bicyclic) bond motifs is 1. The lowest BCUT2D eigenvalue weighted by atomic mass is 10.2. The van der Waals surface area contributed by atoms with Gasteiger partial charge in [-0.05, 0) is 13.8 Å². The fourth-order valence-corrected chi connectivity index (χ4v) is 1.61. The fourth-order valence-electron chi connectivity index (χ4n) is 1.61. The van der Waals surface area contributed by atoms with E-state index in [1.807, 2.05) is 6.20 Å². The van der Waals surface area contributed by atoms with Crippen molar-refractivity contribution >= 4 is 12.4 Å². The van der Waals surface area contributed by atoms with Gasteiger partial charge in [0.15, 0.2) is 0 Å². The molecule has 1 aromatic rings. The van der Waals surface area contributed by atoms with Crippen LogP contribution >= 0.6 is 12.4 Å². The van der Waals surface area contributed by atoms with E-state index in [4.69, 9.17) is 0 Å². The summed E-state index contributed by atoms with van der Waals surface area (Å²) in [6.07, 6.45) is 1.82. The van der Waals surface area contributed by atoms with Gasteiger partial charge in [0.05, 0.1) is 18.4 Å². The van der Waals surface area contributed by atoms with Gasteiger partial charge in [-0.3, -0.25) is 4.68 Å². The van der Waals surface area contributed by atoms with Crippen molar-refractivity contribution in [1.82, 2.24) is 15.1 Å². The van der Waals surface area contributed by atoms with Crippen LogP contribution in [0.3, 0.4) is 0 Å². The first kappa shape index (κ1) is 11.5. The van der Waals surface area contributed by atoms with Crippen LogP contribution in [0.4, 0.5) is 4.39 Å². The molecule has 1 aromatic heterocycles. The Balaban J connectivity index is 0.000000980. The second-order valence-electron chi connectivity index (χ2n) is 4.10. The predicted molar refractivity (Wildman–Crippen MR) is 55.2 cm³/mol. The molecule has 0 aliphatic carbocycles. The number of hydrogen-bond acceptors (Lipinski definition) is 2. The molecule has 0 aromatic carbocycles. The fraction of sp³-hybridized carbons (Fsp3) is 0.667. The first-order chi connectivity index (χ1) is 6.06. The van der Waals surface area contributed by atoms with Gasteiger partial charge in [0.2, 0.25) is 0 Å². The normalized spacial score (nSPS) is 15.1. The van der Waals surface area contributed by atoms with E-state index in [0.717, 1.165) is 18.8 Å². The van der Waals surface area contributed by atoms with E-state index >= 15 is 0 Å². The third-order valence-electron chi connectivity index (χ3n) is 2.17. The number of rotatable bonds is 2. The maximum Gasteiger partial charge on any atom is 0.125 e. The summed E-state index contributed by atoms with van der Waals surface area (Å²) in [6.45, 7) is 5.16. The highest BCUT2D eigenvalue weighted by atomic mass is 35.5. The minimum atomic E-state index is -1.19. The van der Waals surface area contributed by atoms with Crippen LogP contribution in [0.2, 0.25) is 0 Å². The molecule has 0 atom stereocenters. The molecule has 0 amide bonds. The Bertz CT molecular complexity index is 316. The minimum Gasteiger partial charge on any atom is -0.307 e. The van der Waals surface area contributed by atoms with Crippen LogP contribution in [0.1, 0.15) is 25.1 Å². The highest BCUT2D eigenvalue weighted by Crippen LogP contribution is 2.18. The third-order valence-corrected chi connectivity index (χ3v) is 2.17. The summed E-state index contributed by atoms with van der Waals surface area (Å²) >= 11 is 0. The Morgan fingerprint density at radius 2 is 2.29 bits per heavy atom. The topological polar surface area (TPSA) is 29.9 Å². The van der Waals surface area contributed by atoms with E-state index < -0.39 is 5.67 Å². The Labute approximate surface area is 89.1 Å². The summed E-state index contributed by atoms with van der Waals surface area (Å²) in [5.41, 5.74) is 1.14. The highest BCUT2D eigenvalue weighted by Gasteiger charge is 2.22. The summed E-state index contributed by atoms with van der Waals surface area (Å²) < 4.78 is 15.1. The number of hydrogen-bond donors (Lipinski definition) is 1. The molecule has 2 rings (SSSR count). The molecule has 0 saturated heterocycles. The minimum absolute atomic E-state index is 0. The largest absolute Gasteiger partial charge is 0.307 e. The van der Waals surface area contributed by atoms with E-state index in [1.54, 1.807) is 18.5 Å². The standard InChI is InChI=1S/C9H14FN3.ClH/c1-9(2,10)6-13-8-5-11-3-7(8)4-12-13;/h4,11H,3,5-6H2,1-2H3;1H. The van der Waals surface area contributed by atoms with Crippen LogP contribution in [-0.4, -0.2) is 15.4 Å². The molecule has 0 saturated carbocycles. The molecule has 0 unspecified atom stereocenters. The Hall–Kier alpha value is -0.610. The summed E-state index contributed by atoms with van der Waals surface area (Å²) in [7, 11) is 0. The van der Waals surface area contributed by atoms with E-state index in [0.29, 0.717) is 6.54 Å². The van der Waals surface area contributed by atoms with Crippen LogP contribution in [0.15, 0.2) is 6.20 Å². The molecule has 0 spiro atoms.